The molecule has 0 heterocycles. The van der Waals surface area contributed by atoms with Crippen molar-refractivity contribution in [2.75, 3.05) is 0 Å². The number of alkyl halides is 3. The number of carbonyl (C=O) groups excluding carboxylic acids is 1. The second kappa shape index (κ2) is 8.68. The minimum Gasteiger partial charge on any atom is -0.366 e. The van der Waals surface area contributed by atoms with Crippen molar-refractivity contribution in [2.24, 2.45) is 0 Å². The Morgan fingerprint density at radius 2 is 1.63 bits per heavy atom. The van der Waals surface area contributed by atoms with Crippen LogP contribution in [0.3, 0.4) is 0 Å². The van der Waals surface area contributed by atoms with E-state index in [0.29, 0.717) is 4.47 Å². The number of hydrogen-bond donors (Lipinski definition) is 0. The zero-order valence-electron chi connectivity index (χ0n) is 16.7. The van der Waals surface area contributed by atoms with Crippen LogP contribution in [0.5, 0.6) is 0 Å². The van der Waals surface area contributed by atoms with Gasteiger partial charge >= 0.3 is 12.1 Å². The number of halogens is 4. The molecular weight excluding hydrogens is 487 g/mol. The third kappa shape index (κ3) is 5.61. The van der Waals surface area contributed by atoms with E-state index in [1.165, 1.54) is 30.3 Å². The molecule has 2 aromatic carbocycles. The van der Waals surface area contributed by atoms with E-state index in [2.05, 4.69) is 15.9 Å². The molecule has 30 heavy (non-hydrogen) atoms. The van der Waals surface area contributed by atoms with Crippen molar-refractivity contribution in [1.29, 1.82) is 0 Å². The van der Waals surface area contributed by atoms with Gasteiger partial charge in [-0.05, 0) is 62.7 Å². The Hall–Kier alpha value is -1.91. The molecule has 2 rings (SSSR count). The first-order valence-electron chi connectivity index (χ1n) is 8.78. The number of nitrogens with zero attached hydrogens (tertiary/aromatic N) is 1. The van der Waals surface area contributed by atoms with Gasteiger partial charge in [0.05, 0.1) is 16.0 Å². The molecule has 0 amide bonds. The Labute approximate surface area is 181 Å². The van der Waals surface area contributed by atoms with Crippen LogP contribution in [0.2, 0.25) is 0 Å². The van der Waals surface area contributed by atoms with Crippen LogP contribution in [0, 0.1) is 0 Å². The summed E-state index contributed by atoms with van der Waals surface area (Å²) < 4.78 is 67.6. The Bertz CT molecular complexity index is 1020. The van der Waals surface area contributed by atoms with Crippen molar-refractivity contribution < 1.29 is 31.2 Å². The highest BCUT2D eigenvalue weighted by atomic mass is 79.9. The molecule has 164 valence electrons. The van der Waals surface area contributed by atoms with E-state index in [0.717, 1.165) is 30.2 Å². The fourth-order valence-corrected chi connectivity index (χ4v) is 4.89. The molecule has 10 heteroatoms. The molecule has 0 saturated heterocycles. The van der Waals surface area contributed by atoms with Crippen LogP contribution in [0.25, 0.3) is 0 Å². The van der Waals surface area contributed by atoms with E-state index in [9.17, 15) is 26.4 Å². The van der Waals surface area contributed by atoms with E-state index in [4.69, 9.17) is 4.84 Å². The SMILES string of the molecule is CC(=O)ON(C(c1cccc(C(F)(F)F)c1)S(=O)(=O)c1ccc(Br)cc1)C(C)(C)C. The first kappa shape index (κ1) is 24.4. The number of hydrogen-bond acceptors (Lipinski definition) is 5. The van der Waals surface area contributed by atoms with E-state index < -0.39 is 38.5 Å². The summed E-state index contributed by atoms with van der Waals surface area (Å²) in [6.07, 6.45) is -4.67. The van der Waals surface area contributed by atoms with E-state index in [1.54, 1.807) is 20.8 Å². The molecule has 5 nitrogen and oxygen atoms in total. The van der Waals surface area contributed by atoms with Gasteiger partial charge in [-0.15, -0.1) is 5.06 Å². The van der Waals surface area contributed by atoms with Gasteiger partial charge in [-0.1, -0.05) is 28.1 Å². The molecule has 0 N–H and O–H groups in total. The third-order valence-corrected chi connectivity index (χ3v) is 6.55. The number of sulfone groups is 1. The van der Waals surface area contributed by atoms with Gasteiger partial charge in [0.25, 0.3) is 0 Å². The monoisotopic (exact) mass is 507 g/mol. The lowest BCUT2D eigenvalue weighted by molar-refractivity contribution is -0.219. The summed E-state index contributed by atoms with van der Waals surface area (Å²) in [7, 11) is -4.30. The average molecular weight is 508 g/mol. The van der Waals surface area contributed by atoms with Crippen molar-refractivity contribution >= 4 is 31.7 Å². The van der Waals surface area contributed by atoms with E-state index in [-0.39, 0.29) is 10.5 Å². The predicted molar refractivity (Wildman–Crippen MR) is 109 cm³/mol. The largest absolute Gasteiger partial charge is 0.416 e. The first-order valence-corrected chi connectivity index (χ1v) is 11.1. The lowest BCUT2D eigenvalue weighted by Crippen LogP contribution is -2.47. The predicted octanol–water partition coefficient (Wildman–Crippen LogP) is 5.52. The number of benzene rings is 2. The molecule has 1 unspecified atom stereocenters. The van der Waals surface area contributed by atoms with Crippen LogP contribution in [-0.2, 0) is 25.6 Å². The van der Waals surface area contributed by atoms with Crippen LogP contribution in [-0.4, -0.2) is 25.0 Å². The van der Waals surface area contributed by atoms with Crippen molar-refractivity contribution in [3.63, 3.8) is 0 Å². The van der Waals surface area contributed by atoms with Crippen molar-refractivity contribution in [2.45, 2.75) is 49.7 Å². The molecule has 1 atom stereocenters. The summed E-state index contributed by atoms with van der Waals surface area (Å²) in [5.74, 6) is -0.798. The van der Waals surface area contributed by atoms with Gasteiger partial charge in [0.1, 0.15) is 0 Å². The minimum atomic E-state index is -4.67. The Balaban J connectivity index is 2.78. The van der Waals surface area contributed by atoms with Crippen LogP contribution >= 0.6 is 15.9 Å². The van der Waals surface area contributed by atoms with Crippen molar-refractivity contribution in [3.8, 4) is 0 Å². The van der Waals surface area contributed by atoms with Gasteiger partial charge in [0, 0.05) is 11.4 Å². The maximum absolute atomic E-state index is 13.5. The second-order valence-corrected chi connectivity index (χ2v) is 10.5. The minimum absolute atomic E-state index is 0.130. The zero-order chi connectivity index (χ0) is 22.9. The van der Waals surface area contributed by atoms with Gasteiger partial charge in [0.15, 0.2) is 5.37 Å². The number of carbonyl (C=O) groups is 1. The van der Waals surface area contributed by atoms with Gasteiger partial charge < -0.3 is 4.84 Å². The summed E-state index contributed by atoms with van der Waals surface area (Å²) in [6, 6.07) is 9.65. The highest BCUT2D eigenvalue weighted by molar-refractivity contribution is 9.10. The van der Waals surface area contributed by atoms with E-state index >= 15 is 0 Å². The molecule has 0 aliphatic rings. The number of rotatable bonds is 5. The summed E-state index contributed by atoms with van der Waals surface area (Å²) >= 11 is 3.22. The van der Waals surface area contributed by atoms with Gasteiger partial charge in [-0.2, -0.15) is 13.2 Å². The molecule has 0 bridgehead atoms. The average Bonchev–Trinajstić information content (AvgIpc) is 2.60. The molecule has 0 aromatic heterocycles. The topological polar surface area (TPSA) is 63.7 Å². The summed E-state index contributed by atoms with van der Waals surface area (Å²) in [4.78, 5) is 16.8. The zero-order valence-corrected chi connectivity index (χ0v) is 19.1. The highest BCUT2D eigenvalue weighted by Crippen LogP contribution is 2.39. The molecule has 0 radical (unpaired) electrons. The van der Waals surface area contributed by atoms with Crippen molar-refractivity contribution in [3.05, 3.63) is 64.1 Å². The molecule has 2 aromatic rings. The molecular formula is C20H21BrF3NO4S. The van der Waals surface area contributed by atoms with Crippen LogP contribution in [0.1, 0.15) is 44.2 Å². The van der Waals surface area contributed by atoms with Crippen LogP contribution in [0.4, 0.5) is 13.2 Å². The Morgan fingerprint density at radius 1 is 1.07 bits per heavy atom. The maximum atomic E-state index is 13.5. The van der Waals surface area contributed by atoms with Gasteiger partial charge in [0.2, 0.25) is 9.84 Å². The van der Waals surface area contributed by atoms with E-state index in [1.807, 2.05) is 0 Å². The summed E-state index contributed by atoms with van der Waals surface area (Å²) in [5.41, 5.74) is -2.23. The fourth-order valence-electron chi connectivity index (χ4n) is 2.74. The molecule has 0 aliphatic heterocycles. The highest BCUT2D eigenvalue weighted by Gasteiger charge is 2.43. The van der Waals surface area contributed by atoms with Gasteiger partial charge in [-0.25, -0.2) is 8.42 Å². The third-order valence-electron chi connectivity index (χ3n) is 4.04. The fraction of sp³-hybridized carbons (Fsp3) is 0.350. The summed E-state index contributed by atoms with van der Waals surface area (Å²) in [6.45, 7) is 5.86. The second-order valence-electron chi connectivity index (χ2n) is 7.55. The smallest absolute Gasteiger partial charge is 0.366 e. The summed E-state index contributed by atoms with van der Waals surface area (Å²) in [5, 5.41) is -0.785. The maximum Gasteiger partial charge on any atom is 0.416 e. The molecule has 0 fully saturated rings. The lowest BCUT2D eigenvalue weighted by atomic mass is 10.1. The number of hydroxylamine groups is 2. The Morgan fingerprint density at radius 3 is 2.10 bits per heavy atom. The van der Waals surface area contributed by atoms with Crippen LogP contribution in [0.15, 0.2) is 57.9 Å². The Kier molecular flexibility index (Phi) is 7.05. The molecule has 0 aliphatic carbocycles. The quantitative estimate of drug-likeness (QED) is 0.498. The van der Waals surface area contributed by atoms with Crippen molar-refractivity contribution in [1.82, 2.24) is 5.06 Å². The standard InChI is InChI=1S/C20H21BrF3NO4S/c1-13(26)29-25(19(2,3)4)18(14-6-5-7-15(12-14)20(22,23)24)30(27,28)17-10-8-16(21)9-11-17/h5-12,18H,1-4H3. The van der Waals surface area contributed by atoms with Crippen LogP contribution < -0.4 is 0 Å². The molecule has 0 spiro atoms. The normalized spacial score (nSPS) is 13.9. The van der Waals surface area contributed by atoms with Gasteiger partial charge in [-0.3, -0.25) is 4.79 Å². The molecule has 0 saturated carbocycles. The lowest BCUT2D eigenvalue weighted by Gasteiger charge is -2.38. The first-order chi connectivity index (χ1) is 13.6.